The minimum Gasteiger partial charge on any atom is -0.476 e. The maximum atomic E-state index is 12.6. The highest BCUT2D eigenvalue weighted by atomic mass is 19.4. The zero-order valence-electron chi connectivity index (χ0n) is 9.61. The fourth-order valence-corrected chi connectivity index (χ4v) is 2.21. The molecule has 0 aromatic carbocycles. The van der Waals surface area contributed by atoms with Crippen LogP contribution in [0.4, 0.5) is 13.2 Å². The maximum Gasteiger partial charge on any atom is 0.391 e. The number of halogens is 3. The van der Waals surface area contributed by atoms with Gasteiger partial charge < -0.3 is 5.11 Å². The standard InChI is InChI=1S/C10H12F3N3O2/c1-5(10(11,12)13)6-2-3-16-7(4-6)8(9(17)18)14-15-16/h5-6H,2-4H2,1H3,(H,17,18). The molecule has 0 fully saturated rings. The van der Waals surface area contributed by atoms with Gasteiger partial charge in [0.15, 0.2) is 5.69 Å². The van der Waals surface area contributed by atoms with Crippen molar-refractivity contribution in [2.24, 2.45) is 11.8 Å². The molecule has 0 aliphatic carbocycles. The molecule has 2 atom stereocenters. The molecule has 1 aliphatic heterocycles. The third kappa shape index (κ3) is 2.19. The number of aromatic carboxylic acids is 1. The van der Waals surface area contributed by atoms with Crippen LogP contribution in [0.25, 0.3) is 0 Å². The molecule has 0 spiro atoms. The molecule has 0 bridgehead atoms. The van der Waals surface area contributed by atoms with Crippen LogP contribution >= 0.6 is 0 Å². The number of nitrogens with zero attached hydrogens (tertiary/aromatic N) is 3. The van der Waals surface area contributed by atoms with Gasteiger partial charge in [0.2, 0.25) is 0 Å². The molecule has 1 N–H and O–H groups in total. The summed E-state index contributed by atoms with van der Waals surface area (Å²) in [4.78, 5) is 10.9. The molecule has 18 heavy (non-hydrogen) atoms. The van der Waals surface area contributed by atoms with Crippen molar-refractivity contribution in [1.82, 2.24) is 15.0 Å². The number of hydrogen-bond acceptors (Lipinski definition) is 3. The predicted octanol–water partition coefficient (Wildman–Crippen LogP) is 1.74. The lowest BCUT2D eigenvalue weighted by Crippen LogP contribution is -2.33. The van der Waals surface area contributed by atoms with Gasteiger partial charge in [0, 0.05) is 6.54 Å². The summed E-state index contributed by atoms with van der Waals surface area (Å²) in [6.45, 7) is 1.41. The Labute approximate surface area is 101 Å². The topological polar surface area (TPSA) is 68.0 Å². The Balaban J connectivity index is 2.23. The molecule has 8 heteroatoms. The van der Waals surface area contributed by atoms with E-state index in [1.54, 1.807) is 0 Å². The normalized spacial score (nSPS) is 21.4. The van der Waals surface area contributed by atoms with Gasteiger partial charge in [-0.15, -0.1) is 5.10 Å². The molecule has 1 aromatic heterocycles. The van der Waals surface area contributed by atoms with Crippen molar-refractivity contribution in [2.75, 3.05) is 0 Å². The molecule has 0 saturated carbocycles. The molecule has 2 unspecified atom stereocenters. The summed E-state index contributed by atoms with van der Waals surface area (Å²) in [5.41, 5.74) is 0.0453. The fourth-order valence-electron chi connectivity index (χ4n) is 2.21. The van der Waals surface area contributed by atoms with Gasteiger partial charge in [-0.3, -0.25) is 0 Å². The lowest BCUT2D eigenvalue weighted by molar-refractivity contribution is -0.185. The molecule has 0 amide bonds. The first-order valence-electron chi connectivity index (χ1n) is 5.53. The molecule has 5 nitrogen and oxygen atoms in total. The van der Waals surface area contributed by atoms with Gasteiger partial charge in [0.25, 0.3) is 0 Å². The summed E-state index contributed by atoms with van der Waals surface area (Å²) in [6, 6.07) is 0. The number of hydrogen-bond donors (Lipinski definition) is 1. The van der Waals surface area contributed by atoms with E-state index in [1.165, 1.54) is 4.68 Å². The van der Waals surface area contributed by atoms with Crippen molar-refractivity contribution >= 4 is 5.97 Å². The molecule has 0 radical (unpaired) electrons. The Kier molecular flexibility index (Phi) is 3.04. The van der Waals surface area contributed by atoms with E-state index >= 15 is 0 Å². The zero-order valence-corrected chi connectivity index (χ0v) is 9.61. The SMILES string of the molecule is CC(C1CCn2nnc(C(=O)O)c2C1)C(F)(F)F. The first kappa shape index (κ1) is 12.8. The van der Waals surface area contributed by atoms with Crippen LogP contribution in [0.15, 0.2) is 0 Å². The summed E-state index contributed by atoms with van der Waals surface area (Å²) in [6.07, 6.45) is -3.88. The van der Waals surface area contributed by atoms with E-state index in [0.29, 0.717) is 6.42 Å². The zero-order chi connectivity index (χ0) is 13.5. The number of rotatable bonds is 2. The van der Waals surface area contributed by atoms with Gasteiger partial charge in [-0.25, -0.2) is 9.48 Å². The molecule has 100 valence electrons. The number of aromatic nitrogens is 3. The molecule has 1 aliphatic rings. The monoisotopic (exact) mass is 263 g/mol. The Morgan fingerprint density at radius 3 is 2.78 bits per heavy atom. The van der Waals surface area contributed by atoms with Crippen LogP contribution in [0.3, 0.4) is 0 Å². The Morgan fingerprint density at radius 1 is 1.56 bits per heavy atom. The van der Waals surface area contributed by atoms with Gasteiger partial charge in [0.1, 0.15) is 0 Å². The Hall–Kier alpha value is -1.60. The molecule has 2 heterocycles. The second kappa shape index (κ2) is 4.25. The predicted molar refractivity (Wildman–Crippen MR) is 54.0 cm³/mol. The van der Waals surface area contributed by atoms with Crippen molar-refractivity contribution in [3.8, 4) is 0 Å². The van der Waals surface area contributed by atoms with Crippen molar-refractivity contribution in [3.63, 3.8) is 0 Å². The highest BCUT2D eigenvalue weighted by Gasteiger charge is 2.43. The second-order valence-corrected chi connectivity index (χ2v) is 4.50. The van der Waals surface area contributed by atoms with Gasteiger partial charge >= 0.3 is 12.1 Å². The average molecular weight is 263 g/mol. The lowest BCUT2D eigenvalue weighted by Gasteiger charge is -2.29. The van der Waals surface area contributed by atoms with Crippen LogP contribution < -0.4 is 0 Å². The summed E-state index contributed by atoms with van der Waals surface area (Å²) >= 11 is 0. The van der Waals surface area contributed by atoms with Crippen molar-refractivity contribution in [3.05, 3.63) is 11.4 Å². The third-order valence-electron chi connectivity index (χ3n) is 3.43. The maximum absolute atomic E-state index is 12.6. The molecule has 2 rings (SSSR count). The summed E-state index contributed by atoms with van der Waals surface area (Å²) < 4.78 is 39.3. The number of aryl methyl sites for hydroxylation is 1. The average Bonchev–Trinajstić information content (AvgIpc) is 2.69. The largest absolute Gasteiger partial charge is 0.476 e. The molecular formula is C10H12F3N3O2. The van der Waals surface area contributed by atoms with Crippen LogP contribution in [0.2, 0.25) is 0 Å². The van der Waals surface area contributed by atoms with Crippen molar-refractivity contribution in [1.29, 1.82) is 0 Å². The molecule has 0 saturated heterocycles. The minimum absolute atomic E-state index is 0.0509. The summed E-state index contributed by atoms with van der Waals surface area (Å²) in [5, 5.41) is 16.0. The van der Waals surface area contributed by atoms with Crippen molar-refractivity contribution in [2.45, 2.75) is 32.5 Å². The highest BCUT2D eigenvalue weighted by Crippen LogP contribution is 2.37. The first-order chi connectivity index (χ1) is 8.30. The van der Waals surface area contributed by atoms with Crippen LogP contribution in [-0.4, -0.2) is 32.2 Å². The number of fused-ring (bicyclic) bond motifs is 1. The summed E-state index contributed by atoms with van der Waals surface area (Å²) in [5.74, 6) is -3.33. The minimum atomic E-state index is -4.26. The smallest absolute Gasteiger partial charge is 0.391 e. The van der Waals surface area contributed by atoms with Crippen molar-refractivity contribution < 1.29 is 23.1 Å². The van der Waals surface area contributed by atoms with E-state index in [9.17, 15) is 18.0 Å². The Morgan fingerprint density at radius 2 is 2.22 bits per heavy atom. The van der Waals surface area contributed by atoms with E-state index in [2.05, 4.69) is 10.3 Å². The highest BCUT2D eigenvalue weighted by molar-refractivity contribution is 5.86. The Bertz CT molecular complexity index is 469. The van der Waals surface area contributed by atoms with Gasteiger partial charge in [-0.05, 0) is 18.8 Å². The van der Waals surface area contributed by atoms with E-state index in [1.807, 2.05) is 0 Å². The third-order valence-corrected chi connectivity index (χ3v) is 3.43. The number of alkyl halides is 3. The molecule has 1 aromatic rings. The van der Waals surface area contributed by atoms with Crippen LogP contribution in [-0.2, 0) is 13.0 Å². The van der Waals surface area contributed by atoms with E-state index in [4.69, 9.17) is 5.11 Å². The fraction of sp³-hybridized carbons (Fsp3) is 0.700. The van der Waals surface area contributed by atoms with E-state index in [0.717, 1.165) is 6.92 Å². The number of carboxylic acid groups (broad SMARTS) is 1. The molecular weight excluding hydrogens is 251 g/mol. The number of carboxylic acids is 1. The number of carbonyl (C=O) groups is 1. The van der Waals surface area contributed by atoms with E-state index < -0.39 is 24.0 Å². The summed E-state index contributed by atoms with van der Waals surface area (Å²) in [7, 11) is 0. The lowest BCUT2D eigenvalue weighted by atomic mass is 9.84. The first-order valence-corrected chi connectivity index (χ1v) is 5.53. The van der Waals surface area contributed by atoms with E-state index in [-0.39, 0.29) is 24.4 Å². The van der Waals surface area contributed by atoms with Gasteiger partial charge in [0.05, 0.1) is 11.6 Å². The van der Waals surface area contributed by atoms with Crippen LogP contribution in [0.5, 0.6) is 0 Å². The quantitative estimate of drug-likeness (QED) is 0.882. The van der Waals surface area contributed by atoms with Gasteiger partial charge in [-0.1, -0.05) is 12.1 Å². The van der Waals surface area contributed by atoms with Crippen LogP contribution in [0.1, 0.15) is 29.5 Å². The van der Waals surface area contributed by atoms with Crippen LogP contribution in [0, 0.1) is 11.8 Å². The second-order valence-electron chi connectivity index (χ2n) is 4.50. The van der Waals surface area contributed by atoms with Gasteiger partial charge in [-0.2, -0.15) is 13.2 Å².